The molecule has 0 heterocycles. The van der Waals surface area contributed by atoms with Crippen LogP contribution < -0.4 is 10.9 Å². The molecule has 116 valence electrons. The summed E-state index contributed by atoms with van der Waals surface area (Å²) in [6.07, 6.45) is 0. The summed E-state index contributed by atoms with van der Waals surface area (Å²) in [5, 5.41) is 9.59. The van der Waals surface area contributed by atoms with Crippen LogP contribution in [0.15, 0.2) is 12.1 Å². The molecule has 0 aliphatic heterocycles. The van der Waals surface area contributed by atoms with Crippen LogP contribution >= 0.6 is 0 Å². The van der Waals surface area contributed by atoms with Gasteiger partial charge in [-0.15, -0.1) is 0 Å². The van der Waals surface area contributed by atoms with Crippen molar-refractivity contribution >= 4 is 17.8 Å². The van der Waals surface area contributed by atoms with Crippen molar-refractivity contribution < 1.29 is 40.1 Å². The summed E-state index contributed by atoms with van der Waals surface area (Å²) in [5.41, 5.74) is -3.64. The molecule has 22 heavy (non-hydrogen) atoms. The molecule has 0 radical (unpaired) electrons. The van der Waals surface area contributed by atoms with Crippen molar-refractivity contribution in [2.45, 2.75) is 0 Å². The Morgan fingerprint density at radius 3 is 1.00 bits per heavy atom. The maximum absolute atomic E-state index is 13.5. The van der Waals surface area contributed by atoms with Gasteiger partial charge in [-0.05, 0) is 0 Å². The fraction of sp³-hybridized carbons (Fsp3) is 0. The van der Waals surface area contributed by atoms with E-state index in [0.717, 1.165) is 0 Å². The highest BCUT2D eigenvalue weighted by atomic mass is 19.2. The van der Waals surface area contributed by atoms with E-state index in [1.54, 1.807) is 0 Å². The molecule has 0 fully saturated rings. The smallest absolute Gasteiger partial charge is 0.371 e. The van der Waals surface area contributed by atoms with Gasteiger partial charge in [0.15, 0.2) is 46.5 Å². The van der Waals surface area contributed by atoms with Crippen LogP contribution in [0.5, 0.6) is 0 Å². The number of hydrogen-bond donors (Lipinski definition) is 1. The van der Waals surface area contributed by atoms with Gasteiger partial charge >= 0.3 is 6.92 Å². The number of benzene rings is 2. The summed E-state index contributed by atoms with van der Waals surface area (Å²) in [6.45, 7) is -3.02. The molecule has 0 aliphatic rings. The molecule has 0 spiro atoms. The minimum atomic E-state index is -3.02. The highest BCUT2D eigenvalue weighted by Gasteiger charge is 2.36. The van der Waals surface area contributed by atoms with Crippen molar-refractivity contribution in [3.63, 3.8) is 0 Å². The fourth-order valence-corrected chi connectivity index (χ4v) is 1.81. The van der Waals surface area contributed by atoms with E-state index in [1.807, 2.05) is 0 Å². The van der Waals surface area contributed by atoms with Gasteiger partial charge in [0.1, 0.15) is 0 Å². The monoisotopic (exact) mass is 326 g/mol. The molecule has 0 saturated heterocycles. The van der Waals surface area contributed by atoms with Gasteiger partial charge in [-0.1, -0.05) is 0 Å². The largest absolute Gasteiger partial charge is 0.442 e. The molecule has 0 unspecified atom stereocenters. The third-order valence-corrected chi connectivity index (χ3v) is 2.84. The van der Waals surface area contributed by atoms with Crippen molar-refractivity contribution in [1.82, 2.24) is 0 Å². The van der Waals surface area contributed by atoms with Crippen molar-refractivity contribution in [3.8, 4) is 0 Å². The molecule has 0 amide bonds. The van der Waals surface area contributed by atoms with Crippen molar-refractivity contribution in [2.75, 3.05) is 0 Å². The summed E-state index contributed by atoms with van der Waals surface area (Å²) >= 11 is 0. The number of hydrogen-bond acceptors (Lipinski definition) is 1. The summed E-state index contributed by atoms with van der Waals surface area (Å²) in [5.74, 6) is -16.5. The van der Waals surface area contributed by atoms with Crippen LogP contribution in [0.1, 0.15) is 0 Å². The first-order chi connectivity index (χ1) is 10.2. The van der Waals surface area contributed by atoms with E-state index < -0.39 is 64.4 Å². The summed E-state index contributed by atoms with van der Waals surface area (Å²) in [7, 11) is 0. The van der Waals surface area contributed by atoms with Gasteiger partial charge in [-0.2, -0.15) is 0 Å². The molecule has 1 N–H and O–H groups in total. The van der Waals surface area contributed by atoms with Crippen molar-refractivity contribution in [3.05, 3.63) is 58.7 Å². The highest BCUT2D eigenvalue weighted by Crippen LogP contribution is 2.15. The molecule has 2 aromatic carbocycles. The van der Waals surface area contributed by atoms with Crippen LogP contribution in [0.4, 0.5) is 35.1 Å². The van der Waals surface area contributed by atoms with Gasteiger partial charge in [-0.25, -0.2) is 35.1 Å². The maximum Gasteiger partial charge on any atom is 0.371 e. The second-order valence-corrected chi connectivity index (χ2v) is 4.17. The van der Waals surface area contributed by atoms with Crippen LogP contribution in [-0.2, 0) is 0 Å². The quantitative estimate of drug-likeness (QED) is 0.508. The van der Waals surface area contributed by atoms with Crippen molar-refractivity contribution in [2.24, 2.45) is 0 Å². The van der Waals surface area contributed by atoms with Crippen molar-refractivity contribution in [1.29, 1.82) is 0 Å². The second-order valence-electron chi connectivity index (χ2n) is 4.17. The predicted octanol–water partition coefficient (Wildman–Crippen LogP) is 1.90. The van der Waals surface area contributed by atoms with Gasteiger partial charge in [0, 0.05) is 23.1 Å². The van der Waals surface area contributed by atoms with E-state index in [-0.39, 0.29) is 12.1 Å². The lowest BCUT2D eigenvalue weighted by Gasteiger charge is -2.13. The molecule has 0 bridgehead atoms. The van der Waals surface area contributed by atoms with E-state index in [0.29, 0.717) is 0 Å². The van der Waals surface area contributed by atoms with Crippen LogP contribution in [0.3, 0.4) is 0 Å². The van der Waals surface area contributed by atoms with Gasteiger partial charge in [0.2, 0.25) is 0 Å². The molecule has 0 aliphatic carbocycles. The van der Waals surface area contributed by atoms with E-state index >= 15 is 0 Å². The molecule has 10 heteroatoms. The fourth-order valence-electron chi connectivity index (χ4n) is 1.81. The molecular weight excluding hydrogens is 323 g/mol. The Bertz CT molecular complexity index is 648. The Hall–Kier alpha value is -2.10. The minimum absolute atomic E-state index is 0.209. The topological polar surface area (TPSA) is 20.2 Å². The molecular formula is C12H3BF8O. The molecule has 2 rings (SSSR count). The SMILES string of the molecule is OB(c1c(F)c(F)cc(F)c1F)c1c(F)c(F)cc(F)c1F. The van der Waals surface area contributed by atoms with Crippen LogP contribution in [-0.4, -0.2) is 11.9 Å². The second kappa shape index (κ2) is 5.60. The van der Waals surface area contributed by atoms with Gasteiger partial charge in [0.05, 0.1) is 0 Å². The van der Waals surface area contributed by atoms with E-state index in [9.17, 15) is 40.1 Å². The lowest BCUT2D eigenvalue weighted by molar-refractivity contribution is 0.452. The molecule has 0 atom stereocenters. The lowest BCUT2D eigenvalue weighted by Crippen LogP contribution is -2.50. The first kappa shape index (κ1) is 16.3. The Balaban J connectivity index is 2.77. The predicted molar refractivity (Wildman–Crippen MR) is 59.8 cm³/mol. The Morgan fingerprint density at radius 1 is 0.545 bits per heavy atom. The highest BCUT2D eigenvalue weighted by molar-refractivity contribution is 6.79. The third kappa shape index (κ3) is 2.43. The number of halogens is 8. The molecule has 1 nitrogen and oxygen atoms in total. The first-order valence-corrected chi connectivity index (χ1v) is 5.50. The zero-order valence-electron chi connectivity index (χ0n) is 10.2. The average molecular weight is 326 g/mol. The molecule has 0 saturated carbocycles. The Labute approximate surface area is 117 Å². The average Bonchev–Trinajstić information content (AvgIpc) is 2.44. The summed E-state index contributed by atoms with van der Waals surface area (Å²) in [6, 6.07) is -0.417. The van der Waals surface area contributed by atoms with E-state index in [4.69, 9.17) is 0 Å². The minimum Gasteiger partial charge on any atom is -0.442 e. The van der Waals surface area contributed by atoms with Crippen LogP contribution in [0.25, 0.3) is 0 Å². The first-order valence-electron chi connectivity index (χ1n) is 5.50. The summed E-state index contributed by atoms with van der Waals surface area (Å²) < 4.78 is 106. The van der Waals surface area contributed by atoms with Gasteiger partial charge in [-0.3, -0.25) is 0 Å². The van der Waals surface area contributed by atoms with Crippen LogP contribution in [0.2, 0.25) is 0 Å². The standard InChI is InChI=1S/C12H3BF8O/c14-3-1-4(15)10(19)7(9(3)18)13(22)8-11(20)5(16)2-6(17)12(8)21/h1-2,22H. The number of rotatable bonds is 2. The maximum atomic E-state index is 13.5. The van der Waals surface area contributed by atoms with Gasteiger partial charge in [0.25, 0.3) is 0 Å². The lowest BCUT2D eigenvalue weighted by atomic mass is 9.55. The third-order valence-electron chi connectivity index (χ3n) is 2.84. The van der Waals surface area contributed by atoms with Crippen LogP contribution in [0, 0.1) is 46.5 Å². The Kier molecular flexibility index (Phi) is 4.14. The molecule has 2 aromatic rings. The Morgan fingerprint density at radius 2 is 0.773 bits per heavy atom. The van der Waals surface area contributed by atoms with E-state index in [2.05, 4.69) is 0 Å². The normalized spacial score (nSPS) is 11.0. The zero-order chi connectivity index (χ0) is 16.8. The van der Waals surface area contributed by atoms with E-state index in [1.165, 1.54) is 0 Å². The summed E-state index contributed by atoms with van der Waals surface area (Å²) in [4.78, 5) is 0. The zero-order valence-corrected chi connectivity index (χ0v) is 10.2. The molecule has 0 aromatic heterocycles. The van der Waals surface area contributed by atoms with Gasteiger partial charge < -0.3 is 5.02 Å².